The summed E-state index contributed by atoms with van der Waals surface area (Å²) in [5.74, 6) is -0.280. The molecule has 0 bridgehead atoms. The number of furan rings is 1. The molecule has 0 aliphatic rings. The van der Waals surface area contributed by atoms with E-state index in [1.807, 2.05) is 0 Å². The predicted molar refractivity (Wildman–Crippen MR) is 100 cm³/mol. The third-order valence-electron chi connectivity index (χ3n) is 4.76. The lowest BCUT2D eigenvalue weighted by Crippen LogP contribution is -2.28. The van der Waals surface area contributed by atoms with Crippen LogP contribution < -0.4 is 4.57 Å². The van der Waals surface area contributed by atoms with Gasteiger partial charge in [0.2, 0.25) is 5.52 Å². The Morgan fingerprint density at radius 3 is 2.64 bits per heavy atom. The molecule has 0 atom stereocenters. The number of hydrogen-bond donors (Lipinski definition) is 0. The number of rotatable bonds is 1. The van der Waals surface area contributed by atoms with Gasteiger partial charge in [-0.05, 0) is 30.7 Å². The predicted octanol–water partition coefficient (Wildman–Crippen LogP) is 5.74. The first kappa shape index (κ1) is 14.6. The van der Waals surface area contributed by atoms with Gasteiger partial charge < -0.3 is 4.42 Å². The first-order valence-electron chi connectivity index (χ1n) is 8.13. The summed E-state index contributed by atoms with van der Waals surface area (Å²) in [6, 6.07) is 17.3. The zero-order chi connectivity index (χ0) is 17.1. The topological polar surface area (TPSA) is 17.0 Å². The van der Waals surface area contributed by atoms with Crippen LogP contribution in [0.15, 0.2) is 59.0 Å². The van der Waals surface area contributed by atoms with Gasteiger partial charge in [0.1, 0.15) is 28.7 Å². The lowest BCUT2D eigenvalue weighted by molar-refractivity contribution is -0.629. The Hall–Kier alpha value is -2.72. The summed E-state index contributed by atoms with van der Waals surface area (Å²) in [7, 11) is 2.08. The molecule has 0 radical (unpaired) electrons. The molecule has 0 N–H and O–H groups in total. The number of halogens is 1. The summed E-state index contributed by atoms with van der Waals surface area (Å²) < 4.78 is 23.2. The number of nitrogens with zero attached hydrogens (tertiary/aromatic N) is 1. The van der Waals surface area contributed by atoms with Gasteiger partial charge in [-0.3, -0.25) is 0 Å². The molecule has 0 aliphatic carbocycles. The maximum absolute atomic E-state index is 13.6. The molecule has 122 valence electrons. The van der Waals surface area contributed by atoms with Crippen LogP contribution in [0.5, 0.6) is 0 Å². The molecule has 0 saturated carbocycles. The van der Waals surface area contributed by atoms with Crippen molar-refractivity contribution < 1.29 is 13.4 Å². The van der Waals surface area contributed by atoms with Gasteiger partial charge in [0.15, 0.2) is 5.58 Å². The number of aryl methyl sites for hydroxylation is 2. The fraction of sp³-hybridized carbons (Fsp3) is 0.0952. The maximum Gasteiger partial charge on any atom is 0.273 e. The number of fused-ring (bicyclic) bond motifs is 4. The van der Waals surface area contributed by atoms with Crippen LogP contribution in [0.2, 0.25) is 0 Å². The number of para-hydroxylation sites is 1. The minimum Gasteiger partial charge on any atom is -0.455 e. The van der Waals surface area contributed by atoms with Crippen molar-refractivity contribution in [1.82, 2.24) is 0 Å². The van der Waals surface area contributed by atoms with Gasteiger partial charge >= 0.3 is 0 Å². The molecular weight excluding hydrogens is 333 g/mol. The van der Waals surface area contributed by atoms with Crippen LogP contribution in [-0.4, -0.2) is 0 Å². The van der Waals surface area contributed by atoms with Crippen LogP contribution in [0.3, 0.4) is 0 Å². The van der Waals surface area contributed by atoms with E-state index in [0.717, 1.165) is 32.5 Å². The highest BCUT2D eigenvalue weighted by Crippen LogP contribution is 2.39. The van der Waals surface area contributed by atoms with E-state index < -0.39 is 0 Å². The fourth-order valence-corrected chi connectivity index (χ4v) is 4.75. The van der Waals surface area contributed by atoms with Crippen molar-refractivity contribution in [2.45, 2.75) is 6.92 Å². The quantitative estimate of drug-likeness (QED) is 0.353. The lowest BCUT2D eigenvalue weighted by atomic mass is 10.0. The first-order chi connectivity index (χ1) is 12.1. The van der Waals surface area contributed by atoms with Crippen molar-refractivity contribution in [2.75, 3.05) is 0 Å². The van der Waals surface area contributed by atoms with E-state index in [1.165, 1.54) is 22.3 Å². The van der Waals surface area contributed by atoms with E-state index in [2.05, 4.69) is 54.9 Å². The largest absolute Gasteiger partial charge is 0.455 e. The molecule has 5 rings (SSSR count). The highest BCUT2D eigenvalue weighted by atomic mass is 32.1. The van der Waals surface area contributed by atoms with E-state index in [1.54, 1.807) is 17.4 Å². The smallest absolute Gasteiger partial charge is 0.273 e. The summed E-state index contributed by atoms with van der Waals surface area (Å²) in [4.78, 5) is 0. The van der Waals surface area contributed by atoms with Crippen LogP contribution in [-0.2, 0) is 7.05 Å². The SMILES string of the molecule is Cc1ccc2c(oc3cc(F)ccc32)c1-c1sc2ccccc2[n+]1C. The van der Waals surface area contributed by atoms with Crippen molar-refractivity contribution in [1.29, 1.82) is 0 Å². The number of thiazole rings is 1. The Balaban J connectivity index is 1.92. The Morgan fingerprint density at radius 2 is 1.80 bits per heavy atom. The van der Waals surface area contributed by atoms with Crippen molar-refractivity contribution in [3.8, 4) is 10.6 Å². The molecular formula is C21H15FNOS+. The zero-order valence-electron chi connectivity index (χ0n) is 13.8. The normalized spacial score (nSPS) is 11.8. The Bertz CT molecular complexity index is 1280. The van der Waals surface area contributed by atoms with Gasteiger partial charge in [0, 0.05) is 22.9 Å². The molecule has 0 unspecified atom stereocenters. The summed E-state index contributed by atoms with van der Waals surface area (Å²) >= 11 is 1.75. The minimum absolute atomic E-state index is 0.280. The molecule has 0 amide bonds. The van der Waals surface area contributed by atoms with Crippen LogP contribution in [0.1, 0.15) is 5.56 Å². The summed E-state index contributed by atoms with van der Waals surface area (Å²) in [6.07, 6.45) is 0. The number of hydrogen-bond acceptors (Lipinski definition) is 2. The van der Waals surface area contributed by atoms with E-state index in [-0.39, 0.29) is 5.82 Å². The van der Waals surface area contributed by atoms with Crippen molar-refractivity contribution in [3.05, 3.63) is 66.0 Å². The third-order valence-corrected chi connectivity index (χ3v) is 6.00. The van der Waals surface area contributed by atoms with Crippen molar-refractivity contribution in [3.63, 3.8) is 0 Å². The van der Waals surface area contributed by atoms with Crippen LogP contribution in [0.4, 0.5) is 4.39 Å². The molecule has 0 fully saturated rings. The minimum atomic E-state index is -0.280. The monoisotopic (exact) mass is 348 g/mol. The van der Waals surface area contributed by atoms with Gasteiger partial charge in [0.25, 0.3) is 5.01 Å². The average Bonchev–Trinajstić information content (AvgIpc) is 3.12. The number of benzene rings is 3. The molecule has 0 spiro atoms. The average molecular weight is 348 g/mol. The molecule has 2 nitrogen and oxygen atoms in total. The molecule has 2 heterocycles. The zero-order valence-corrected chi connectivity index (χ0v) is 14.7. The summed E-state index contributed by atoms with van der Waals surface area (Å²) in [6.45, 7) is 2.09. The van der Waals surface area contributed by atoms with Crippen LogP contribution in [0, 0.1) is 12.7 Å². The van der Waals surface area contributed by atoms with Crippen molar-refractivity contribution in [2.24, 2.45) is 7.05 Å². The van der Waals surface area contributed by atoms with Crippen LogP contribution in [0.25, 0.3) is 42.7 Å². The van der Waals surface area contributed by atoms with Gasteiger partial charge in [0.05, 0.1) is 0 Å². The third kappa shape index (κ3) is 2.04. The second kappa shape index (κ2) is 5.14. The highest BCUT2D eigenvalue weighted by molar-refractivity contribution is 7.21. The van der Waals surface area contributed by atoms with Crippen LogP contribution >= 0.6 is 11.3 Å². The van der Waals surface area contributed by atoms with Gasteiger partial charge in [-0.15, -0.1) is 0 Å². The second-order valence-corrected chi connectivity index (χ2v) is 7.34. The molecule has 3 aromatic carbocycles. The summed E-state index contributed by atoms with van der Waals surface area (Å²) in [5, 5.41) is 3.11. The van der Waals surface area contributed by atoms with Gasteiger partial charge in [-0.2, -0.15) is 4.57 Å². The first-order valence-corrected chi connectivity index (χ1v) is 8.94. The van der Waals surface area contributed by atoms with Gasteiger partial charge in [-0.25, -0.2) is 4.39 Å². The molecule has 4 heteroatoms. The Labute approximate surface area is 147 Å². The Kier molecular flexibility index (Phi) is 3.00. The van der Waals surface area contributed by atoms with E-state index in [9.17, 15) is 4.39 Å². The molecule has 0 saturated heterocycles. The molecule has 5 aromatic rings. The molecule has 25 heavy (non-hydrogen) atoms. The van der Waals surface area contributed by atoms with Crippen molar-refractivity contribution >= 4 is 43.5 Å². The highest BCUT2D eigenvalue weighted by Gasteiger charge is 2.24. The molecule has 2 aromatic heterocycles. The van der Waals surface area contributed by atoms with E-state index in [4.69, 9.17) is 4.42 Å². The second-order valence-electron chi connectivity index (χ2n) is 6.31. The standard InChI is InChI=1S/C21H15FNOS/c1-12-7-9-15-14-10-8-13(22)11-17(14)24-20(15)19(12)21-23(2)16-5-3-4-6-18(16)25-21/h3-11H,1-2H3/q+1. The number of aromatic nitrogens is 1. The molecule has 0 aliphatic heterocycles. The summed E-state index contributed by atoms with van der Waals surface area (Å²) in [5.41, 5.74) is 4.83. The fourth-order valence-electron chi connectivity index (χ4n) is 3.50. The van der Waals surface area contributed by atoms with E-state index >= 15 is 0 Å². The Morgan fingerprint density at radius 1 is 1.00 bits per heavy atom. The van der Waals surface area contributed by atoms with Gasteiger partial charge in [-0.1, -0.05) is 35.6 Å². The maximum atomic E-state index is 13.6. The van der Waals surface area contributed by atoms with E-state index in [0.29, 0.717) is 5.58 Å². The lowest BCUT2D eigenvalue weighted by Gasteiger charge is -2.01.